The van der Waals surface area contributed by atoms with Crippen molar-refractivity contribution in [2.24, 2.45) is 0 Å². The average molecular weight is 434 g/mol. The number of halogens is 2. The van der Waals surface area contributed by atoms with E-state index in [0.717, 1.165) is 5.56 Å². The highest BCUT2D eigenvalue weighted by Gasteiger charge is 2.12. The van der Waals surface area contributed by atoms with Crippen LogP contribution in [0, 0.1) is 0 Å². The lowest BCUT2D eigenvalue weighted by atomic mass is 10.1. The van der Waals surface area contributed by atoms with Crippen molar-refractivity contribution < 1.29 is 9.59 Å². The highest BCUT2D eigenvalue weighted by molar-refractivity contribution is 7.09. The summed E-state index contributed by atoms with van der Waals surface area (Å²) in [7, 11) is 0. The summed E-state index contributed by atoms with van der Waals surface area (Å²) in [5.41, 5.74) is 1.86. The Balaban J connectivity index is 1.47. The highest BCUT2D eigenvalue weighted by Crippen LogP contribution is 2.13. The van der Waals surface area contributed by atoms with E-state index in [0.29, 0.717) is 39.3 Å². The first-order valence-corrected chi connectivity index (χ1v) is 10.2. The number of aromatic nitrogens is 1. The molecule has 0 aliphatic carbocycles. The number of amides is 2. The fraction of sp³-hybridized carbons (Fsp3) is 0.150. The van der Waals surface area contributed by atoms with Crippen LogP contribution in [0.3, 0.4) is 0 Å². The molecule has 3 aromatic rings. The second-order valence-electron chi connectivity index (χ2n) is 5.96. The fourth-order valence-corrected chi connectivity index (χ4v) is 3.60. The van der Waals surface area contributed by atoms with E-state index < -0.39 is 0 Å². The summed E-state index contributed by atoms with van der Waals surface area (Å²) in [5.74, 6) is -0.490. The third-order valence-corrected chi connectivity index (χ3v) is 5.18. The van der Waals surface area contributed by atoms with Gasteiger partial charge in [-0.15, -0.1) is 11.3 Å². The molecule has 0 saturated carbocycles. The summed E-state index contributed by atoms with van der Waals surface area (Å²) >= 11 is 13.2. The van der Waals surface area contributed by atoms with Crippen LogP contribution < -0.4 is 10.6 Å². The minimum Gasteiger partial charge on any atom is -0.350 e. The van der Waals surface area contributed by atoms with E-state index in [4.69, 9.17) is 23.2 Å². The van der Waals surface area contributed by atoms with Gasteiger partial charge in [0.15, 0.2) is 0 Å². The molecular weight excluding hydrogens is 417 g/mol. The SMILES string of the molecule is O=C(NCc1nc(C(=O)NCCc2cccc(Cl)c2)cs1)c1cccc(Cl)c1. The van der Waals surface area contributed by atoms with Gasteiger partial charge in [0.05, 0.1) is 6.54 Å². The monoisotopic (exact) mass is 433 g/mol. The molecule has 0 bridgehead atoms. The van der Waals surface area contributed by atoms with E-state index in [1.807, 2.05) is 24.3 Å². The smallest absolute Gasteiger partial charge is 0.270 e. The molecule has 0 atom stereocenters. The van der Waals surface area contributed by atoms with Crippen molar-refractivity contribution in [3.8, 4) is 0 Å². The first-order chi connectivity index (χ1) is 13.5. The van der Waals surface area contributed by atoms with Crippen LogP contribution in [0.25, 0.3) is 0 Å². The van der Waals surface area contributed by atoms with Crippen LogP contribution in [-0.2, 0) is 13.0 Å². The molecule has 2 N–H and O–H groups in total. The summed E-state index contributed by atoms with van der Waals surface area (Å²) in [6, 6.07) is 14.2. The van der Waals surface area contributed by atoms with Crippen LogP contribution in [0.5, 0.6) is 0 Å². The number of hydrogen-bond acceptors (Lipinski definition) is 4. The number of hydrogen-bond donors (Lipinski definition) is 2. The molecular formula is C20H17Cl2N3O2S. The summed E-state index contributed by atoms with van der Waals surface area (Å²) in [4.78, 5) is 28.6. The third kappa shape index (κ3) is 5.79. The number of nitrogens with one attached hydrogen (secondary N) is 2. The van der Waals surface area contributed by atoms with Gasteiger partial charge in [-0.3, -0.25) is 9.59 Å². The number of carbonyl (C=O) groups excluding carboxylic acids is 2. The maximum absolute atomic E-state index is 12.2. The second-order valence-corrected chi connectivity index (χ2v) is 7.77. The Morgan fingerprint density at radius 3 is 2.46 bits per heavy atom. The Bertz CT molecular complexity index is 991. The van der Waals surface area contributed by atoms with Gasteiger partial charge >= 0.3 is 0 Å². The highest BCUT2D eigenvalue weighted by atomic mass is 35.5. The number of carbonyl (C=O) groups is 2. The normalized spacial score (nSPS) is 10.5. The number of benzene rings is 2. The molecule has 0 saturated heterocycles. The van der Waals surface area contributed by atoms with Gasteiger partial charge in [-0.25, -0.2) is 4.98 Å². The van der Waals surface area contributed by atoms with Gasteiger partial charge in [-0.1, -0.05) is 41.4 Å². The molecule has 0 aliphatic heterocycles. The average Bonchev–Trinajstić information content (AvgIpc) is 3.15. The van der Waals surface area contributed by atoms with Crippen molar-refractivity contribution in [3.63, 3.8) is 0 Å². The van der Waals surface area contributed by atoms with Crippen molar-refractivity contribution in [2.75, 3.05) is 6.54 Å². The minimum absolute atomic E-state index is 0.242. The maximum Gasteiger partial charge on any atom is 0.270 e. The van der Waals surface area contributed by atoms with E-state index in [1.165, 1.54) is 11.3 Å². The molecule has 2 aromatic carbocycles. The Labute approximate surface area is 176 Å². The molecule has 0 spiro atoms. The van der Waals surface area contributed by atoms with E-state index in [9.17, 15) is 9.59 Å². The van der Waals surface area contributed by atoms with E-state index >= 15 is 0 Å². The van der Waals surface area contributed by atoms with Crippen LogP contribution in [-0.4, -0.2) is 23.3 Å². The van der Waals surface area contributed by atoms with Gasteiger partial charge in [0.1, 0.15) is 10.7 Å². The van der Waals surface area contributed by atoms with Gasteiger partial charge in [0.25, 0.3) is 11.8 Å². The minimum atomic E-state index is -0.245. The first kappa shape index (κ1) is 20.3. The summed E-state index contributed by atoms with van der Waals surface area (Å²) in [5, 5.41) is 9.11. The van der Waals surface area contributed by atoms with Gasteiger partial charge in [0.2, 0.25) is 0 Å². The Kier molecular flexibility index (Phi) is 7.03. The zero-order chi connectivity index (χ0) is 19.9. The van der Waals surface area contributed by atoms with Gasteiger partial charge in [-0.05, 0) is 42.3 Å². The number of thiazole rings is 1. The molecule has 0 fully saturated rings. The van der Waals surface area contributed by atoms with Gasteiger partial charge < -0.3 is 10.6 Å². The number of rotatable bonds is 7. The van der Waals surface area contributed by atoms with Crippen molar-refractivity contribution in [1.29, 1.82) is 0 Å². The molecule has 0 unspecified atom stereocenters. The van der Waals surface area contributed by atoms with Gasteiger partial charge in [0, 0.05) is 27.5 Å². The first-order valence-electron chi connectivity index (χ1n) is 8.52. The standard InChI is InChI=1S/C20H17Cl2N3O2S/c21-15-5-1-3-13(9-15)7-8-23-20(27)17-12-28-18(25-17)11-24-19(26)14-4-2-6-16(22)10-14/h1-6,9-10,12H,7-8,11H2,(H,23,27)(H,24,26). The largest absolute Gasteiger partial charge is 0.350 e. The van der Waals surface area contributed by atoms with Crippen LogP contribution >= 0.6 is 34.5 Å². The Hall–Kier alpha value is -2.41. The quantitative estimate of drug-likeness (QED) is 0.581. The van der Waals surface area contributed by atoms with Crippen LogP contribution in [0.4, 0.5) is 0 Å². The lowest BCUT2D eigenvalue weighted by Gasteiger charge is -2.04. The molecule has 2 amide bonds. The van der Waals surface area contributed by atoms with E-state index in [-0.39, 0.29) is 18.4 Å². The van der Waals surface area contributed by atoms with Crippen molar-refractivity contribution in [2.45, 2.75) is 13.0 Å². The lowest BCUT2D eigenvalue weighted by molar-refractivity contribution is 0.0945. The van der Waals surface area contributed by atoms with E-state index in [2.05, 4.69) is 15.6 Å². The number of nitrogens with zero attached hydrogens (tertiary/aromatic N) is 1. The van der Waals surface area contributed by atoms with Crippen LogP contribution in [0.1, 0.15) is 31.4 Å². The Morgan fingerprint density at radius 1 is 0.964 bits per heavy atom. The lowest BCUT2D eigenvalue weighted by Crippen LogP contribution is -2.26. The summed E-state index contributed by atoms with van der Waals surface area (Å²) in [6.07, 6.45) is 0.680. The van der Waals surface area contributed by atoms with E-state index in [1.54, 1.807) is 29.6 Å². The molecule has 1 aromatic heterocycles. The Morgan fingerprint density at radius 2 is 1.71 bits per heavy atom. The molecule has 8 heteroatoms. The van der Waals surface area contributed by atoms with Crippen molar-refractivity contribution >= 4 is 46.4 Å². The predicted octanol–water partition coefficient (Wildman–Crippen LogP) is 4.35. The second kappa shape index (κ2) is 9.68. The summed E-state index contributed by atoms with van der Waals surface area (Å²) in [6.45, 7) is 0.726. The fourth-order valence-electron chi connectivity index (χ4n) is 2.49. The molecule has 28 heavy (non-hydrogen) atoms. The third-order valence-electron chi connectivity index (χ3n) is 3.86. The van der Waals surface area contributed by atoms with Gasteiger partial charge in [-0.2, -0.15) is 0 Å². The van der Waals surface area contributed by atoms with Crippen molar-refractivity contribution in [3.05, 3.63) is 85.8 Å². The molecule has 5 nitrogen and oxygen atoms in total. The molecule has 0 radical (unpaired) electrons. The van der Waals surface area contributed by atoms with Crippen LogP contribution in [0.2, 0.25) is 10.0 Å². The molecule has 3 rings (SSSR count). The maximum atomic E-state index is 12.2. The summed E-state index contributed by atoms with van der Waals surface area (Å²) < 4.78 is 0. The van der Waals surface area contributed by atoms with Crippen molar-refractivity contribution in [1.82, 2.24) is 15.6 Å². The van der Waals surface area contributed by atoms with Crippen LogP contribution in [0.15, 0.2) is 53.9 Å². The zero-order valence-corrected chi connectivity index (χ0v) is 17.1. The predicted molar refractivity (Wildman–Crippen MR) is 112 cm³/mol. The topological polar surface area (TPSA) is 71.1 Å². The molecule has 1 heterocycles. The molecule has 0 aliphatic rings. The zero-order valence-electron chi connectivity index (χ0n) is 14.7. The molecule has 144 valence electrons.